The Morgan fingerprint density at radius 2 is 1.73 bits per heavy atom. The van der Waals surface area contributed by atoms with Gasteiger partial charge in [-0.05, 0) is 24.1 Å². The fourth-order valence-electron chi connectivity index (χ4n) is 2.65. The molecule has 1 unspecified atom stereocenters. The molecule has 26 heavy (non-hydrogen) atoms. The molecule has 0 radical (unpaired) electrons. The molecule has 0 heterocycles. The predicted octanol–water partition coefficient (Wildman–Crippen LogP) is 3.19. The number of nitrogens with zero attached hydrogens (tertiary/aromatic N) is 1. The monoisotopic (exact) mass is 374 g/mol. The fraction of sp³-hybridized carbons (Fsp3) is 0.300. The summed E-state index contributed by atoms with van der Waals surface area (Å²) in [6, 6.07) is 16.8. The molecule has 5 nitrogen and oxygen atoms in total. The van der Waals surface area contributed by atoms with Gasteiger partial charge >= 0.3 is 5.97 Å². The third-order valence-electron chi connectivity index (χ3n) is 3.95. The van der Waals surface area contributed by atoms with Gasteiger partial charge in [0.25, 0.3) is 0 Å². The van der Waals surface area contributed by atoms with Gasteiger partial charge in [0.15, 0.2) is 0 Å². The number of benzene rings is 2. The number of hydrogen-bond acceptors (Lipinski definition) is 4. The summed E-state index contributed by atoms with van der Waals surface area (Å²) in [7, 11) is 1.34. The van der Waals surface area contributed by atoms with Crippen molar-refractivity contribution in [2.75, 3.05) is 20.2 Å². The van der Waals surface area contributed by atoms with Crippen LogP contribution >= 0.6 is 11.6 Å². The molecule has 0 aromatic heterocycles. The van der Waals surface area contributed by atoms with Crippen molar-refractivity contribution in [1.82, 2.24) is 10.2 Å². The number of amides is 1. The number of ether oxygens (including phenoxy) is 1. The van der Waals surface area contributed by atoms with Crippen molar-refractivity contribution in [3.63, 3.8) is 0 Å². The molecule has 0 fully saturated rings. The third kappa shape index (κ3) is 6.17. The molecule has 2 aromatic rings. The number of rotatable bonds is 8. The van der Waals surface area contributed by atoms with Crippen molar-refractivity contribution < 1.29 is 14.3 Å². The quantitative estimate of drug-likeness (QED) is 0.721. The van der Waals surface area contributed by atoms with E-state index < -0.39 is 0 Å². The number of carbonyl (C=O) groups is 2. The minimum Gasteiger partial charge on any atom is -0.468 e. The Morgan fingerprint density at radius 1 is 1.08 bits per heavy atom. The number of carbonyl (C=O) groups excluding carboxylic acids is 2. The van der Waals surface area contributed by atoms with Gasteiger partial charge in [-0.15, -0.1) is 0 Å². The van der Waals surface area contributed by atoms with Gasteiger partial charge in [-0.25, -0.2) is 0 Å². The molecule has 6 heteroatoms. The second-order valence-corrected chi connectivity index (χ2v) is 6.42. The van der Waals surface area contributed by atoms with Crippen LogP contribution in [0, 0.1) is 0 Å². The van der Waals surface area contributed by atoms with Crippen LogP contribution in [0.15, 0.2) is 54.6 Å². The van der Waals surface area contributed by atoms with Crippen LogP contribution in [-0.4, -0.2) is 37.0 Å². The maximum Gasteiger partial charge on any atom is 0.319 e. The van der Waals surface area contributed by atoms with Crippen molar-refractivity contribution in [2.24, 2.45) is 0 Å². The van der Waals surface area contributed by atoms with Crippen LogP contribution in [0.25, 0.3) is 0 Å². The van der Waals surface area contributed by atoms with Gasteiger partial charge in [-0.1, -0.05) is 60.1 Å². The third-order valence-corrected chi connectivity index (χ3v) is 4.29. The standard InChI is InChI=1S/C20H23ClN2O3/c1-15(17-10-6-7-11-18(17)21)22-19(24)13-23(14-20(25)26-2)12-16-8-4-3-5-9-16/h3-11,15H,12-14H2,1-2H3,(H,22,24). The SMILES string of the molecule is COC(=O)CN(CC(=O)NC(C)c1ccccc1Cl)Cc1ccccc1. The molecule has 1 atom stereocenters. The number of halogens is 1. The molecule has 2 aromatic carbocycles. The highest BCUT2D eigenvalue weighted by atomic mass is 35.5. The van der Waals surface area contributed by atoms with Crippen molar-refractivity contribution in [2.45, 2.75) is 19.5 Å². The first-order chi connectivity index (χ1) is 12.5. The first-order valence-electron chi connectivity index (χ1n) is 8.36. The summed E-state index contributed by atoms with van der Waals surface area (Å²) in [6.07, 6.45) is 0. The largest absolute Gasteiger partial charge is 0.468 e. The van der Waals surface area contributed by atoms with E-state index in [4.69, 9.17) is 16.3 Å². The number of hydrogen-bond donors (Lipinski definition) is 1. The lowest BCUT2D eigenvalue weighted by Crippen LogP contribution is -2.40. The van der Waals surface area contributed by atoms with Crippen LogP contribution in [0.2, 0.25) is 5.02 Å². The molecular weight excluding hydrogens is 352 g/mol. The van der Waals surface area contributed by atoms with Crippen LogP contribution in [0.3, 0.4) is 0 Å². The first-order valence-corrected chi connectivity index (χ1v) is 8.74. The predicted molar refractivity (Wildman–Crippen MR) is 102 cm³/mol. The first kappa shape index (κ1) is 19.9. The Kier molecular flexibility index (Phi) is 7.63. The van der Waals surface area contributed by atoms with Crippen LogP contribution in [-0.2, 0) is 20.9 Å². The van der Waals surface area contributed by atoms with Crippen molar-refractivity contribution in [3.8, 4) is 0 Å². The molecule has 0 aliphatic heterocycles. The summed E-state index contributed by atoms with van der Waals surface area (Å²) in [4.78, 5) is 25.9. The maximum absolute atomic E-state index is 12.5. The Morgan fingerprint density at radius 3 is 2.38 bits per heavy atom. The summed E-state index contributed by atoms with van der Waals surface area (Å²) >= 11 is 6.18. The number of nitrogens with one attached hydrogen (secondary N) is 1. The molecule has 0 bridgehead atoms. The van der Waals surface area contributed by atoms with Gasteiger partial charge < -0.3 is 10.1 Å². The smallest absolute Gasteiger partial charge is 0.319 e. The van der Waals surface area contributed by atoms with Crippen molar-refractivity contribution >= 4 is 23.5 Å². The Bertz CT molecular complexity index is 737. The van der Waals surface area contributed by atoms with E-state index in [-0.39, 0.29) is 31.0 Å². The van der Waals surface area contributed by atoms with Gasteiger partial charge in [0, 0.05) is 11.6 Å². The topological polar surface area (TPSA) is 58.6 Å². The zero-order chi connectivity index (χ0) is 18.9. The number of methoxy groups -OCH3 is 1. The highest BCUT2D eigenvalue weighted by Gasteiger charge is 2.18. The van der Waals surface area contributed by atoms with Crippen LogP contribution in [0.4, 0.5) is 0 Å². The lowest BCUT2D eigenvalue weighted by atomic mass is 10.1. The molecule has 0 aliphatic rings. The molecule has 2 rings (SSSR count). The van der Waals surface area contributed by atoms with Gasteiger partial charge in [-0.3, -0.25) is 14.5 Å². The average Bonchev–Trinajstić information content (AvgIpc) is 2.62. The second kappa shape index (κ2) is 9.94. The minimum absolute atomic E-state index is 0.0410. The van der Waals surface area contributed by atoms with E-state index in [1.807, 2.05) is 55.5 Å². The maximum atomic E-state index is 12.5. The molecule has 138 valence electrons. The van der Waals surface area contributed by atoms with E-state index in [1.165, 1.54) is 7.11 Å². The van der Waals surface area contributed by atoms with E-state index in [9.17, 15) is 9.59 Å². The molecule has 1 N–H and O–H groups in total. The Balaban J connectivity index is 2.00. The second-order valence-electron chi connectivity index (χ2n) is 6.02. The van der Waals surface area contributed by atoms with Gasteiger partial charge in [0.1, 0.15) is 0 Å². The van der Waals surface area contributed by atoms with Crippen LogP contribution < -0.4 is 5.32 Å². The molecular formula is C20H23ClN2O3. The van der Waals surface area contributed by atoms with Gasteiger partial charge in [0.2, 0.25) is 5.91 Å². The molecule has 0 spiro atoms. The van der Waals surface area contributed by atoms with E-state index in [1.54, 1.807) is 11.0 Å². The van der Waals surface area contributed by atoms with E-state index >= 15 is 0 Å². The Labute approximate surface area is 158 Å². The van der Waals surface area contributed by atoms with E-state index in [0.717, 1.165) is 11.1 Å². The van der Waals surface area contributed by atoms with Crippen LogP contribution in [0.5, 0.6) is 0 Å². The highest BCUT2D eigenvalue weighted by Crippen LogP contribution is 2.22. The summed E-state index contributed by atoms with van der Waals surface area (Å²) in [6.45, 7) is 2.48. The molecule has 1 amide bonds. The average molecular weight is 375 g/mol. The lowest BCUT2D eigenvalue weighted by Gasteiger charge is -2.22. The van der Waals surface area contributed by atoms with Gasteiger partial charge in [0.05, 0.1) is 26.2 Å². The summed E-state index contributed by atoms with van der Waals surface area (Å²) in [5.74, 6) is -0.565. The zero-order valence-corrected chi connectivity index (χ0v) is 15.7. The number of esters is 1. The summed E-state index contributed by atoms with van der Waals surface area (Å²) < 4.78 is 4.74. The van der Waals surface area contributed by atoms with E-state index in [2.05, 4.69) is 5.32 Å². The highest BCUT2D eigenvalue weighted by molar-refractivity contribution is 6.31. The van der Waals surface area contributed by atoms with Crippen LogP contribution in [0.1, 0.15) is 24.1 Å². The lowest BCUT2D eigenvalue weighted by molar-refractivity contribution is -0.142. The minimum atomic E-state index is -0.382. The summed E-state index contributed by atoms with van der Waals surface area (Å²) in [5.41, 5.74) is 1.87. The van der Waals surface area contributed by atoms with Gasteiger partial charge in [-0.2, -0.15) is 0 Å². The molecule has 0 saturated heterocycles. The molecule has 0 aliphatic carbocycles. The zero-order valence-electron chi connectivity index (χ0n) is 14.9. The summed E-state index contributed by atoms with van der Waals surface area (Å²) in [5, 5.41) is 3.53. The Hall–Kier alpha value is -2.37. The van der Waals surface area contributed by atoms with Crippen molar-refractivity contribution in [1.29, 1.82) is 0 Å². The van der Waals surface area contributed by atoms with Crippen molar-refractivity contribution in [3.05, 3.63) is 70.7 Å². The molecule has 0 saturated carbocycles. The van der Waals surface area contributed by atoms with E-state index in [0.29, 0.717) is 11.6 Å². The fourth-order valence-corrected chi connectivity index (χ4v) is 2.95. The normalized spacial score (nSPS) is 11.8.